The minimum Gasteiger partial charge on any atom is -0.481 e. The molecule has 0 unspecified atom stereocenters. The first kappa shape index (κ1) is 21.8. The van der Waals surface area contributed by atoms with Crippen molar-refractivity contribution in [3.63, 3.8) is 0 Å². The number of benzene rings is 2. The van der Waals surface area contributed by atoms with E-state index in [4.69, 9.17) is 14.3 Å². The van der Waals surface area contributed by atoms with Crippen LogP contribution in [0.2, 0.25) is 0 Å². The fourth-order valence-electron chi connectivity index (χ4n) is 4.75. The summed E-state index contributed by atoms with van der Waals surface area (Å²) in [5.41, 5.74) is 4.70. The summed E-state index contributed by atoms with van der Waals surface area (Å²) in [5, 5.41) is 11.7. The Morgan fingerprint density at radius 3 is 2.26 bits per heavy atom. The first-order valence-corrected chi connectivity index (χ1v) is 11.1. The smallest absolute Gasteiger partial charge is 0.411 e. The Labute approximate surface area is 196 Å². The number of carboxylic acids is 1. The Morgan fingerprint density at radius 1 is 1.03 bits per heavy atom. The molecule has 34 heavy (non-hydrogen) atoms. The van der Waals surface area contributed by atoms with Gasteiger partial charge in [-0.15, -0.1) is 0 Å². The monoisotopic (exact) mass is 460 g/mol. The SMILES string of the molecule is CN(C(=O)c1occc1NC(=O)OCC1c2ccccc2-c2ccccc21)C1CC(C(=O)O)C1. The number of fused-ring (bicyclic) bond motifs is 3. The molecule has 1 heterocycles. The molecular weight excluding hydrogens is 436 g/mol. The quantitative estimate of drug-likeness (QED) is 0.558. The lowest BCUT2D eigenvalue weighted by molar-refractivity contribution is -0.146. The molecule has 0 spiro atoms. The number of rotatable bonds is 6. The molecule has 8 nitrogen and oxygen atoms in total. The highest BCUT2D eigenvalue weighted by Gasteiger charge is 2.39. The number of carboxylic acid groups (broad SMARTS) is 1. The average Bonchev–Trinajstić information content (AvgIpc) is 3.38. The summed E-state index contributed by atoms with van der Waals surface area (Å²) in [4.78, 5) is 37.9. The highest BCUT2D eigenvalue weighted by atomic mass is 16.5. The van der Waals surface area contributed by atoms with Crippen molar-refractivity contribution >= 4 is 23.7 Å². The number of furan rings is 1. The van der Waals surface area contributed by atoms with Crippen LogP contribution in [0.15, 0.2) is 65.3 Å². The van der Waals surface area contributed by atoms with Gasteiger partial charge in [0.2, 0.25) is 5.76 Å². The van der Waals surface area contributed by atoms with Gasteiger partial charge in [0.25, 0.3) is 5.91 Å². The van der Waals surface area contributed by atoms with Crippen molar-refractivity contribution in [2.75, 3.05) is 19.0 Å². The van der Waals surface area contributed by atoms with E-state index in [-0.39, 0.29) is 30.0 Å². The van der Waals surface area contributed by atoms with Crippen LogP contribution in [0.3, 0.4) is 0 Å². The second-order valence-electron chi connectivity index (χ2n) is 8.69. The molecule has 3 aromatic rings. The average molecular weight is 460 g/mol. The zero-order valence-corrected chi connectivity index (χ0v) is 18.6. The maximum atomic E-state index is 12.9. The molecule has 0 radical (unpaired) electrons. The van der Waals surface area contributed by atoms with Gasteiger partial charge >= 0.3 is 12.1 Å². The van der Waals surface area contributed by atoms with E-state index in [1.54, 1.807) is 7.05 Å². The molecule has 0 atom stereocenters. The third-order valence-electron chi connectivity index (χ3n) is 6.77. The Balaban J connectivity index is 1.23. The molecule has 1 aromatic heterocycles. The van der Waals surface area contributed by atoms with Crippen LogP contribution in [-0.4, -0.2) is 47.7 Å². The molecule has 2 aliphatic carbocycles. The van der Waals surface area contributed by atoms with Gasteiger partial charge < -0.3 is 19.2 Å². The number of anilines is 1. The standard InChI is InChI=1S/C26H24N2O6/c1-28(16-12-15(13-16)25(30)31)24(29)23-22(10-11-33-23)27-26(32)34-14-21-19-8-4-2-6-17(19)18-7-3-5-9-20(18)21/h2-11,15-16,21H,12-14H2,1H3,(H,27,32)(H,30,31). The van der Waals surface area contributed by atoms with Gasteiger partial charge in [0.05, 0.1) is 17.9 Å². The van der Waals surface area contributed by atoms with Crippen molar-refractivity contribution in [2.45, 2.75) is 24.8 Å². The molecule has 2 N–H and O–H groups in total. The fraction of sp³-hybridized carbons (Fsp3) is 0.269. The number of carbonyl (C=O) groups excluding carboxylic acids is 2. The topological polar surface area (TPSA) is 109 Å². The van der Waals surface area contributed by atoms with Crippen LogP contribution in [0.25, 0.3) is 11.1 Å². The van der Waals surface area contributed by atoms with Crippen molar-refractivity contribution in [1.29, 1.82) is 0 Å². The largest absolute Gasteiger partial charge is 0.481 e. The summed E-state index contributed by atoms with van der Waals surface area (Å²) in [6.07, 6.45) is 1.43. The first-order chi connectivity index (χ1) is 16.4. The summed E-state index contributed by atoms with van der Waals surface area (Å²) >= 11 is 0. The van der Waals surface area contributed by atoms with Crippen LogP contribution in [0.5, 0.6) is 0 Å². The number of ether oxygens (including phenoxy) is 1. The van der Waals surface area contributed by atoms with E-state index < -0.39 is 23.9 Å². The molecule has 8 heteroatoms. The molecule has 2 aromatic carbocycles. The molecule has 2 amide bonds. The van der Waals surface area contributed by atoms with E-state index in [1.165, 1.54) is 17.2 Å². The van der Waals surface area contributed by atoms with Crippen LogP contribution in [0, 0.1) is 5.92 Å². The summed E-state index contributed by atoms with van der Waals surface area (Å²) in [6.45, 7) is 0.152. The van der Waals surface area contributed by atoms with Crippen molar-refractivity contribution in [3.05, 3.63) is 77.7 Å². The predicted octanol–water partition coefficient (Wildman–Crippen LogP) is 4.58. The van der Waals surface area contributed by atoms with E-state index in [0.717, 1.165) is 22.3 Å². The normalized spacial score (nSPS) is 18.4. The van der Waals surface area contributed by atoms with Gasteiger partial charge in [0, 0.05) is 25.1 Å². The number of nitrogens with zero attached hydrogens (tertiary/aromatic N) is 1. The summed E-state index contributed by atoms with van der Waals surface area (Å²) in [5.74, 6) is -1.80. The zero-order chi connectivity index (χ0) is 23.8. The maximum absolute atomic E-state index is 12.9. The second kappa shape index (κ2) is 8.70. The lowest BCUT2D eigenvalue weighted by Gasteiger charge is -2.38. The number of aliphatic carboxylic acids is 1. The summed E-state index contributed by atoms with van der Waals surface area (Å²) < 4.78 is 10.9. The molecule has 0 aliphatic heterocycles. The zero-order valence-electron chi connectivity index (χ0n) is 18.6. The Bertz CT molecular complexity index is 1210. The van der Waals surface area contributed by atoms with Gasteiger partial charge in [-0.05, 0) is 35.1 Å². The van der Waals surface area contributed by atoms with Crippen molar-refractivity contribution in [1.82, 2.24) is 4.90 Å². The van der Waals surface area contributed by atoms with Crippen LogP contribution in [0.1, 0.15) is 40.4 Å². The van der Waals surface area contributed by atoms with E-state index in [9.17, 15) is 14.4 Å². The van der Waals surface area contributed by atoms with Crippen molar-refractivity contribution < 1.29 is 28.6 Å². The van der Waals surface area contributed by atoms with Gasteiger partial charge in [-0.25, -0.2) is 4.79 Å². The Kier molecular flexibility index (Phi) is 5.57. The summed E-state index contributed by atoms with van der Waals surface area (Å²) in [7, 11) is 1.60. The molecule has 0 bridgehead atoms. The van der Waals surface area contributed by atoms with Crippen LogP contribution >= 0.6 is 0 Å². The lowest BCUT2D eigenvalue weighted by Crippen LogP contribution is -2.47. The van der Waals surface area contributed by atoms with E-state index in [0.29, 0.717) is 12.8 Å². The molecule has 2 aliphatic rings. The lowest BCUT2D eigenvalue weighted by atomic mass is 9.79. The molecular formula is C26H24N2O6. The minimum absolute atomic E-state index is 0.0187. The Hall–Kier alpha value is -4.07. The molecule has 174 valence electrons. The van der Waals surface area contributed by atoms with Crippen molar-refractivity contribution in [2.24, 2.45) is 5.92 Å². The highest BCUT2D eigenvalue weighted by Crippen LogP contribution is 2.44. The van der Waals surface area contributed by atoms with Gasteiger partial charge in [-0.3, -0.25) is 14.9 Å². The summed E-state index contributed by atoms with van der Waals surface area (Å²) in [6, 6.07) is 17.4. The highest BCUT2D eigenvalue weighted by molar-refractivity contribution is 6.00. The predicted molar refractivity (Wildman–Crippen MR) is 124 cm³/mol. The number of nitrogens with one attached hydrogen (secondary N) is 1. The number of hydrogen-bond acceptors (Lipinski definition) is 5. The van der Waals surface area contributed by atoms with Crippen LogP contribution in [0.4, 0.5) is 10.5 Å². The number of hydrogen-bond donors (Lipinski definition) is 2. The van der Waals surface area contributed by atoms with Crippen molar-refractivity contribution in [3.8, 4) is 11.1 Å². The van der Waals surface area contributed by atoms with E-state index >= 15 is 0 Å². The number of carbonyl (C=O) groups is 3. The Morgan fingerprint density at radius 2 is 1.65 bits per heavy atom. The second-order valence-corrected chi connectivity index (χ2v) is 8.69. The molecule has 1 fully saturated rings. The molecule has 5 rings (SSSR count). The maximum Gasteiger partial charge on any atom is 0.411 e. The van der Waals surface area contributed by atoms with Crippen LogP contribution < -0.4 is 5.32 Å². The van der Waals surface area contributed by atoms with Gasteiger partial charge in [0.15, 0.2) is 0 Å². The fourth-order valence-corrected chi connectivity index (χ4v) is 4.75. The third-order valence-corrected chi connectivity index (χ3v) is 6.77. The van der Waals surface area contributed by atoms with Crippen LogP contribution in [-0.2, 0) is 9.53 Å². The van der Waals surface area contributed by atoms with Gasteiger partial charge in [-0.1, -0.05) is 48.5 Å². The van der Waals surface area contributed by atoms with E-state index in [1.807, 2.05) is 36.4 Å². The minimum atomic E-state index is -0.854. The third kappa shape index (κ3) is 3.81. The first-order valence-electron chi connectivity index (χ1n) is 11.1. The van der Waals surface area contributed by atoms with Gasteiger partial charge in [0.1, 0.15) is 6.61 Å². The number of amides is 2. The molecule has 1 saturated carbocycles. The van der Waals surface area contributed by atoms with E-state index in [2.05, 4.69) is 17.4 Å². The van der Waals surface area contributed by atoms with Gasteiger partial charge in [-0.2, -0.15) is 0 Å². The molecule has 0 saturated heterocycles.